The van der Waals surface area contributed by atoms with E-state index in [0.29, 0.717) is 17.1 Å². The summed E-state index contributed by atoms with van der Waals surface area (Å²) in [6, 6.07) is 11.9. The third-order valence-electron chi connectivity index (χ3n) is 3.63. The van der Waals surface area contributed by atoms with E-state index in [9.17, 15) is 9.59 Å². The van der Waals surface area contributed by atoms with E-state index in [1.165, 1.54) is 19.4 Å². The number of rotatable bonds is 6. The number of carbonyl (C=O) groups excluding carboxylic acids is 2. The van der Waals surface area contributed by atoms with Crippen molar-refractivity contribution >= 4 is 34.7 Å². The van der Waals surface area contributed by atoms with E-state index in [2.05, 4.69) is 31.1 Å². The number of nitrogens with zero attached hydrogens (tertiary/aromatic N) is 3. The van der Waals surface area contributed by atoms with Crippen LogP contribution in [0.1, 0.15) is 27.8 Å². The van der Waals surface area contributed by atoms with Gasteiger partial charge in [0, 0.05) is 17.4 Å². The molecule has 0 saturated heterocycles. The van der Waals surface area contributed by atoms with Gasteiger partial charge in [0.05, 0.1) is 0 Å². The number of anilines is 4. The highest BCUT2D eigenvalue weighted by Gasteiger charge is 2.11. The molecule has 3 aromatic rings. The van der Waals surface area contributed by atoms with Gasteiger partial charge in [-0.2, -0.15) is 0 Å². The normalized spacial score (nSPS) is 10.1. The molecular weight excluding hydrogens is 346 g/mol. The average Bonchev–Trinajstić information content (AvgIpc) is 2.69. The lowest BCUT2D eigenvalue weighted by Gasteiger charge is -2.13. The van der Waals surface area contributed by atoms with Crippen LogP contribution in [0.4, 0.5) is 23.0 Å². The fraction of sp³-hybridized carbons (Fsp3) is 0.0556. The van der Waals surface area contributed by atoms with Crippen LogP contribution in [0.3, 0.4) is 0 Å². The largest absolute Gasteiger partial charge is 0.393 e. The van der Waals surface area contributed by atoms with Crippen LogP contribution in [0.25, 0.3) is 0 Å². The topological polar surface area (TPSA) is 135 Å². The molecule has 1 aromatic carbocycles. The molecule has 27 heavy (non-hydrogen) atoms. The Balaban J connectivity index is 1.70. The number of benzene rings is 1. The molecule has 3 rings (SSSR count). The van der Waals surface area contributed by atoms with Gasteiger partial charge in [-0.05, 0) is 43.3 Å². The first-order chi connectivity index (χ1) is 13.0. The number of nitrogens with one attached hydrogen (secondary N) is 3. The molecule has 9 nitrogen and oxygen atoms in total. The number of carbonyl (C=O) groups is 2. The van der Waals surface area contributed by atoms with Crippen molar-refractivity contribution in [1.82, 2.24) is 20.4 Å². The quantitative estimate of drug-likeness (QED) is 0.386. The molecule has 0 atom stereocenters. The van der Waals surface area contributed by atoms with Crippen LogP contribution in [-0.2, 0) is 0 Å². The summed E-state index contributed by atoms with van der Waals surface area (Å²) >= 11 is 0. The predicted molar refractivity (Wildman–Crippen MR) is 101 cm³/mol. The van der Waals surface area contributed by atoms with Gasteiger partial charge in [-0.25, -0.2) is 9.97 Å². The number of ketones is 1. The Morgan fingerprint density at radius 1 is 0.963 bits per heavy atom. The average molecular weight is 363 g/mol. The van der Waals surface area contributed by atoms with Gasteiger partial charge >= 0.3 is 0 Å². The maximum Gasteiger partial charge on any atom is 0.288 e. The molecule has 0 saturated carbocycles. The molecule has 9 heteroatoms. The van der Waals surface area contributed by atoms with Crippen LogP contribution in [0.15, 0.2) is 55.0 Å². The molecule has 0 fully saturated rings. The van der Waals surface area contributed by atoms with Gasteiger partial charge in [0.1, 0.15) is 17.7 Å². The number of hydrazine groups is 1. The molecule has 0 bridgehead atoms. The molecule has 136 valence electrons. The molecule has 5 N–H and O–H groups in total. The fourth-order valence-corrected chi connectivity index (χ4v) is 2.20. The second-order valence-electron chi connectivity index (χ2n) is 5.54. The summed E-state index contributed by atoms with van der Waals surface area (Å²) in [5.41, 5.74) is 13.0. The highest BCUT2D eigenvalue weighted by Crippen LogP contribution is 2.25. The zero-order chi connectivity index (χ0) is 19.2. The first-order valence-corrected chi connectivity index (χ1v) is 8.00. The standard InChI is InChI=1S/C18H17N7O2/c1-11(26)12-5-7-13(8-6-12)23-16-15(19)17(22-10-21-16)24-25-18(27)14-4-2-3-9-20-14/h2-10H,19H2,1H3,(H,25,27)(H2,21,22,23,24). The molecule has 0 radical (unpaired) electrons. The van der Waals surface area contributed by atoms with Crippen LogP contribution in [-0.4, -0.2) is 26.6 Å². The van der Waals surface area contributed by atoms with Crippen LogP contribution in [0, 0.1) is 0 Å². The van der Waals surface area contributed by atoms with Crippen LogP contribution < -0.4 is 21.9 Å². The number of amides is 1. The Labute approximate surface area is 155 Å². The summed E-state index contributed by atoms with van der Waals surface area (Å²) in [6.45, 7) is 1.50. The van der Waals surface area contributed by atoms with Crippen molar-refractivity contribution in [1.29, 1.82) is 0 Å². The Morgan fingerprint density at radius 3 is 2.37 bits per heavy atom. The van der Waals surface area contributed by atoms with E-state index in [4.69, 9.17) is 5.73 Å². The lowest BCUT2D eigenvalue weighted by atomic mass is 10.1. The minimum Gasteiger partial charge on any atom is -0.393 e. The zero-order valence-corrected chi connectivity index (χ0v) is 14.4. The number of aromatic nitrogens is 3. The zero-order valence-electron chi connectivity index (χ0n) is 14.4. The second kappa shape index (κ2) is 7.91. The van der Waals surface area contributed by atoms with Gasteiger partial charge < -0.3 is 11.1 Å². The Kier molecular flexibility index (Phi) is 5.22. The summed E-state index contributed by atoms with van der Waals surface area (Å²) in [5.74, 6) is 0.147. The number of hydrogen-bond donors (Lipinski definition) is 4. The van der Waals surface area contributed by atoms with E-state index in [1.54, 1.807) is 42.5 Å². The Hall–Kier alpha value is -4.01. The van der Waals surface area contributed by atoms with Crippen molar-refractivity contribution in [3.8, 4) is 0 Å². The number of hydrogen-bond acceptors (Lipinski definition) is 8. The van der Waals surface area contributed by atoms with E-state index >= 15 is 0 Å². The number of pyridine rings is 1. The monoisotopic (exact) mass is 363 g/mol. The van der Waals surface area contributed by atoms with Crippen LogP contribution in [0.5, 0.6) is 0 Å². The van der Waals surface area contributed by atoms with Crippen LogP contribution >= 0.6 is 0 Å². The molecular formula is C18H17N7O2. The predicted octanol–water partition coefficient (Wildman–Crippen LogP) is 2.16. The highest BCUT2D eigenvalue weighted by molar-refractivity contribution is 5.94. The van der Waals surface area contributed by atoms with Crippen molar-refractivity contribution in [3.63, 3.8) is 0 Å². The van der Waals surface area contributed by atoms with Gasteiger partial charge in [0.15, 0.2) is 17.4 Å². The molecule has 2 heterocycles. The summed E-state index contributed by atoms with van der Waals surface area (Å²) in [7, 11) is 0. The third-order valence-corrected chi connectivity index (χ3v) is 3.63. The van der Waals surface area contributed by atoms with E-state index in [1.807, 2.05) is 0 Å². The van der Waals surface area contributed by atoms with Gasteiger partial charge in [0.25, 0.3) is 5.91 Å². The molecule has 0 unspecified atom stereocenters. The minimum atomic E-state index is -0.428. The van der Waals surface area contributed by atoms with Crippen molar-refractivity contribution in [2.45, 2.75) is 6.92 Å². The Morgan fingerprint density at radius 2 is 1.70 bits per heavy atom. The summed E-state index contributed by atoms with van der Waals surface area (Å²) < 4.78 is 0. The Bertz CT molecular complexity index is 959. The summed E-state index contributed by atoms with van der Waals surface area (Å²) in [5, 5.41) is 3.05. The van der Waals surface area contributed by atoms with Gasteiger partial charge in [-0.3, -0.25) is 25.4 Å². The molecule has 0 spiro atoms. The third kappa shape index (κ3) is 4.34. The molecule has 0 aliphatic heterocycles. The van der Waals surface area contributed by atoms with Gasteiger partial charge in [-0.15, -0.1) is 0 Å². The molecule has 2 aromatic heterocycles. The fourth-order valence-electron chi connectivity index (χ4n) is 2.20. The lowest BCUT2D eigenvalue weighted by molar-refractivity contribution is 0.0956. The minimum absolute atomic E-state index is 0.0155. The van der Waals surface area contributed by atoms with E-state index in [0.717, 1.165) is 0 Å². The summed E-state index contributed by atoms with van der Waals surface area (Å²) in [6.07, 6.45) is 2.82. The first kappa shape index (κ1) is 17.8. The number of nitrogen functional groups attached to an aromatic ring is 1. The number of nitrogens with two attached hydrogens (primary N) is 1. The maximum absolute atomic E-state index is 12.0. The first-order valence-electron chi connectivity index (χ1n) is 8.00. The van der Waals surface area contributed by atoms with Crippen molar-refractivity contribution in [2.75, 3.05) is 16.5 Å². The van der Waals surface area contributed by atoms with E-state index in [-0.39, 0.29) is 23.0 Å². The smallest absolute Gasteiger partial charge is 0.288 e. The van der Waals surface area contributed by atoms with Crippen LogP contribution in [0.2, 0.25) is 0 Å². The lowest BCUT2D eigenvalue weighted by Crippen LogP contribution is -2.31. The second-order valence-corrected chi connectivity index (χ2v) is 5.54. The van der Waals surface area contributed by atoms with E-state index < -0.39 is 5.91 Å². The summed E-state index contributed by atoms with van der Waals surface area (Å²) in [4.78, 5) is 35.4. The van der Waals surface area contributed by atoms with Crippen molar-refractivity contribution in [2.24, 2.45) is 0 Å². The SMILES string of the molecule is CC(=O)c1ccc(Nc2ncnc(NNC(=O)c3ccccn3)c2N)cc1. The van der Waals surface area contributed by atoms with Gasteiger partial charge in [-0.1, -0.05) is 6.07 Å². The van der Waals surface area contributed by atoms with Gasteiger partial charge in [0.2, 0.25) is 0 Å². The number of Topliss-reactive ketones (excluding diaryl/α,β-unsaturated/α-hetero) is 1. The van der Waals surface area contributed by atoms with Crippen molar-refractivity contribution < 1.29 is 9.59 Å². The molecule has 0 aliphatic carbocycles. The van der Waals surface area contributed by atoms with Crippen molar-refractivity contribution in [3.05, 3.63) is 66.2 Å². The highest BCUT2D eigenvalue weighted by atomic mass is 16.2. The molecule has 1 amide bonds. The molecule has 0 aliphatic rings. The maximum atomic E-state index is 12.0.